The van der Waals surface area contributed by atoms with E-state index < -0.39 is 0 Å². The Morgan fingerprint density at radius 2 is 2.04 bits per heavy atom. The van der Waals surface area contributed by atoms with Crippen LogP contribution < -0.4 is 10.9 Å². The van der Waals surface area contributed by atoms with Crippen molar-refractivity contribution in [3.8, 4) is 0 Å². The maximum absolute atomic E-state index is 12.5. The number of aromatic amines is 2. The summed E-state index contributed by atoms with van der Waals surface area (Å²) in [6.45, 7) is 1.76. The number of H-pyrrole nitrogens is 2. The minimum Gasteiger partial charge on any atom is -0.441 e. The van der Waals surface area contributed by atoms with E-state index in [0.29, 0.717) is 33.6 Å². The van der Waals surface area contributed by atoms with Crippen LogP contribution in [0.15, 0.2) is 45.6 Å². The van der Waals surface area contributed by atoms with Crippen molar-refractivity contribution < 1.29 is 9.21 Å². The first-order valence-corrected chi connectivity index (χ1v) is 7.85. The molecule has 8 heteroatoms. The van der Waals surface area contributed by atoms with Gasteiger partial charge in [-0.1, -0.05) is 0 Å². The van der Waals surface area contributed by atoms with Crippen molar-refractivity contribution in [2.45, 2.75) is 6.92 Å². The summed E-state index contributed by atoms with van der Waals surface area (Å²) in [7, 11) is 0. The van der Waals surface area contributed by atoms with Crippen LogP contribution in [0.25, 0.3) is 22.0 Å². The molecule has 0 fully saturated rings. The number of hydrogen-bond acceptors (Lipinski definition) is 5. The summed E-state index contributed by atoms with van der Waals surface area (Å²) in [5.41, 5.74) is 2.53. The first-order chi connectivity index (χ1) is 12.0. The van der Waals surface area contributed by atoms with Crippen LogP contribution >= 0.6 is 12.2 Å². The fraction of sp³-hybridized carbons (Fsp3) is 0.0588. The average molecular weight is 352 g/mol. The summed E-state index contributed by atoms with van der Waals surface area (Å²) in [6, 6.07) is 10.00. The number of hydrogen-bond donors (Lipinski definition) is 3. The fourth-order valence-corrected chi connectivity index (χ4v) is 2.83. The van der Waals surface area contributed by atoms with Crippen molar-refractivity contribution in [3.05, 3.63) is 63.0 Å². The molecule has 2 aromatic carbocycles. The van der Waals surface area contributed by atoms with Crippen molar-refractivity contribution in [2.75, 3.05) is 5.32 Å². The number of amides is 1. The molecule has 0 atom stereocenters. The number of nitrogens with zero attached hydrogens (tertiary/aromatic N) is 1. The molecule has 25 heavy (non-hydrogen) atoms. The molecule has 0 saturated heterocycles. The Labute approximate surface area is 145 Å². The fourth-order valence-electron chi connectivity index (χ4n) is 2.63. The van der Waals surface area contributed by atoms with E-state index >= 15 is 0 Å². The summed E-state index contributed by atoms with van der Waals surface area (Å²) in [5, 5.41) is 3.23. The monoisotopic (exact) mass is 352 g/mol. The molecule has 124 valence electrons. The molecule has 7 nitrogen and oxygen atoms in total. The molecular weight excluding hydrogens is 340 g/mol. The van der Waals surface area contributed by atoms with Crippen molar-refractivity contribution >= 4 is 45.8 Å². The van der Waals surface area contributed by atoms with Gasteiger partial charge in [-0.05, 0) is 42.5 Å². The summed E-state index contributed by atoms with van der Waals surface area (Å²) in [6.07, 6.45) is 0. The molecule has 0 aliphatic heterocycles. The molecule has 2 aromatic heterocycles. The molecule has 0 bridgehead atoms. The highest BCUT2D eigenvalue weighted by Crippen LogP contribution is 2.20. The summed E-state index contributed by atoms with van der Waals surface area (Å²) >= 11 is 4.96. The summed E-state index contributed by atoms with van der Waals surface area (Å²) in [5.74, 6) is 0.255. The highest BCUT2D eigenvalue weighted by molar-refractivity contribution is 7.71. The van der Waals surface area contributed by atoms with Crippen LogP contribution in [0.4, 0.5) is 5.69 Å². The zero-order valence-electron chi connectivity index (χ0n) is 13.0. The van der Waals surface area contributed by atoms with Crippen molar-refractivity contribution in [1.29, 1.82) is 0 Å². The molecular formula is C17H12N4O3S. The lowest BCUT2D eigenvalue weighted by Crippen LogP contribution is -2.13. The summed E-state index contributed by atoms with van der Waals surface area (Å²) < 4.78 is 5.67. The third-order valence-corrected chi connectivity index (χ3v) is 3.96. The Morgan fingerprint density at radius 1 is 1.20 bits per heavy atom. The number of aromatic nitrogens is 3. The van der Waals surface area contributed by atoms with Gasteiger partial charge in [-0.25, -0.2) is 4.98 Å². The van der Waals surface area contributed by atoms with Crippen LogP contribution in [0.5, 0.6) is 0 Å². The molecule has 2 heterocycles. The normalized spacial score (nSPS) is 11.1. The molecule has 1 amide bonds. The second-order valence-corrected chi connectivity index (χ2v) is 5.95. The molecule has 3 N–H and O–H groups in total. The standard InChI is InChI=1S/C17H12N4O3S/c1-8-18-12-5-3-10(7-14(12)24-8)19-15(22)9-2-4-11-13(6-9)20-17(25)21-16(11)23/h2-7H,1H3,(H,19,22)(H2,20,21,23,25). The minimum atomic E-state index is -0.308. The van der Waals surface area contributed by atoms with Gasteiger partial charge < -0.3 is 14.7 Å². The maximum atomic E-state index is 12.5. The molecule has 0 aliphatic carbocycles. The average Bonchev–Trinajstić information content (AvgIpc) is 2.93. The number of oxazole rings is 1. The highest BCUT2D eigenvalue weighted by atomic mass is 32.1. The molecule has 0 spiro atoms. The van der Waals surface area contributed by atoms with Crippen LogP contribution in [-0.4, -0.2) is 20.9 Å². The summed E-state index contributed by atoms with van der Waals surface area (Å²) in [4.78, 5) is 33.9. The van der Waals surface area contributed by atoms with Crippen LogP contribution in [0.2, 0.25) is 0 Å². The van der Waals surface area contributed by atoms with Crippen LogP contribution in [-0.2, 0) is 0 Å². The van der Waals surface area contributed by atoms with Gasteiger partial charge in [0.1, 0.15) is 5.52 Å². The van der Waals surface area contributed by atoms with Crippen molar-refractivity contribution in [1.82, 2.24) is 15.0 Å². The zero-order chi connectivity index (χ0) is 17.6. The Morgan fingerprint density at radius 3 is 2.88 bits per heavy atom. The SMILES string of the molecule is Cc1nc2ccc(NC(=O)c3ccc4c(=O)[nH]c(=S)[nH]c4c3)cc2o1. The van der Waals surface area contributed by atoms with Gasteiger partial charge in [0, 0.05) is 24.2 Å². The lowest BCUT2D eigenvalue weighted by Gasteiger charge is -2.06. The van der Waals surface area contributed by atoms with Crippen LogP contribution in [0.3, 0.4) is 0 Å². The molecule has 4 rings (SSSR count). The molecule has 4 aromatic rings. The lowest BCUT2D eigenvalue weighted by atomic mass is 10.1. The van der Waals surface area contributed by atoms with Gasteiger partial charge in [-0.3, -0.25) is 14.6 Å². The first kappa shape index (κ1) is 15.3. The van der Waals surface area contributed by atoms with E-state index in [0.717, 1.165) is 5.52 Å². The van der Waals surface area contributed by atoms with E-state index in [4.69, 9.17) is 16.6 Å². The van der Waals surface area contributed by atoms with Crippen molar-refractivity contribution in [3.63, 3.8) is 0 Å². The number of rotatable bonds is 2. The Bertz CT molecular complexity index is 1250. The predicted molar refractivity (Wildman–Crippen MR) is 96.5 cm³/mol. The predicted octanol–water partition coefficient (Wildman–Crippen LogP) is 3.29. The van der Waals surface area contributed by atoms with Gasteiger partial charge >= 0.3 is 0 Å². The van der Waals surface area contributed by atoms with E-state index in [1.165, 1.54) is 0 Å². The van der Waals surface area contributed by atoms with Gasteiger partial charge in [0.05, 0.1) is 10.9 Å². The van der Waals surface area contributed by atoms with E-state index in [1.54, 1.807) is 43.3 Å². The lowest BCUT2D eigenvalue weighted by molar-refractivity contribution is 0.102. The molecule has 0 radical (unpaired) electrons. The maximum Gasteiger partial charge on any atom is 0.259 e. The topological polar surface area (TPSA) is 104 Å². The van der Waals surface area contributed by atoms with Gasteiger partial charge in [0.15, 0.2) is 16.2 Å². The Balaban J connectivity index is 1.68. The van der Waals surface area contributed by atoms with Gasteiger partial charge in [0.2, 0.25) is 0 Å². The molecule has 0 aliphatic rings. The number of carbonyl (C=O) groups excluding carboxylic acids is 1. The van der Waals surface area contributed by atoms with Crippen LogP contribution in [0.1, 0.15) is 16.2 Å². The largest absolute Gasteiger partial charge is 0.441 e. The quantitative estimate of drug-likeness (QED) is 0.480. The smallest absolute Gasteiger partial charge is 0.259 e. The first-order valence-electron chi connectivity index (χ1n) is 7.44. The highest BCUT2D eigenvalue weighted by Gasteiger charge is 2.10. The van der Waals surface area contributed by atoms with Gasteiger partial charge in [-0.2, -0.15) is 0 Å². The molecule has 0 unspecified atom stereocenters. The third kappa shape index (κ3) is 2.83. The van der Waals surface area contributed by atoms with Gasteiger partial charge in [-0.15, -0.1) is 0 Å². The number of fused-ring (bicyclic) bond motifs is 2. The number of aryl methyl sites for hydroxylation is 1. The van der Waals surface area contributed by atoms with E-state index in [-0.39, 0.29) is 16.2 Å². The van der Waals surface area contributed by atoms with E-state index in [1.807, 2.05) is 0 Å². The second kappa shape index (κ2) is 5.67. The van der Waals surface area contributed by atoms with Gasteiger partial charge in [0.25, 0.3) is 11.5 Å². The minimum absolute atomic E-state index is 0.209. The third-order valence-electron chi connectivity index (χ3n) is 3.75. The number of nitrogens with one attached hydrogen (secondary N) is 3. The van der Waals surface area contributed by atoms with E-state index in [9.17, 15) is 9.59 Å². The van der Waals surface area contributed by atoms with E-state index in [2.05, 4.69) is 20.3 Å². The second-order valence-electron chi connectivity index (χ2n) is 5.54. The molecule has 0 saturated carbocycles. The van der Waals surface area contributed by atoms with Crippen LogP contribution in [0, 0.1) is 11.7 Å². The number of carbonyl (C=O) groups is 1. The number of benzene rings is 2. The zero-order valence-corrected chi connectivity index (χ0v) is 13.9. The Hall–Kier alpha value is -3.26. The Kier molecular flexibility index (Phi) is 3.47. The van der Waals surface area contributed by atoms with Crippen molar-refractivity contribution in [2.24, 2.45) is 0 Å². The number of anilines is 1.